The number of ether oxygens (including phenoxy) is 1. The van der Waals surface area contributed by atoms with Crippen LogP contribution in [0.2, 0.25) is 0 Å². The van der Waals surface area contributed by atoms with Gasteiger partial charge < -0.3 is 4.74 Å². The van der Waals surface area contributed by atoms with Gasteiger partial charge in [-0.15, -0.1) is 0 Å². The van der Waals surface area contributed by atoms with Gasteiger partial charge in [-0.05, 0) is 30.3 Å². The number of fused-ring (bicyclic) bond motifs is 1. The third-order valence-electron chi connectivity index (χ3n) is 3.73. The third kappa shape index (κ3) is 3.55. The van der Waals surface area contributed by atoms with Crippen molar-refractivity contribution in [1.29, 1.82) is 0 Å². The average molecular weight is 377 g/mol. The first-order chi connectivity index (χ1) is 12.4. The van der Waals surface area contributed by atoms with Gasteiger partial charge in [0.25, 0.3) is 0 Å². The van der Waals surface area contributed by atoms with Gasteiger partial charge in [-0.25, -0.2) is 13.2 Å². The Bertz CT molecular complexity index is 1040. The van der Waals surface area contributed by atoms with Gasteiger partial charge in [0, 0.05) is 17.1 Å². The summed E-state index contributed by atoms with van der Waals surface area (Å²) in [6, 6.07) is 13.4. The van der Waals surface area contributed by atoms with E-state index in [1.807, 2.05) is 18.2 Å². The minimum absolute atomic E-state index is 0.0235. The molecule has 134 valence electrons. The summed E-state index contributed by atoms with van der Waals surface area (Å²) >= 11 is 0. The van der Waals surface area contributed by atoms with Crippen molar-refractivity contribution in [2.75, 3.05) is 0 Å². The molecule has 8 heteroatoms. The van der Waals surface area contributed by atoms with Crippen LogP contribution in [-0.2, 0) is 21.2 Å². The van der Waals surface area contributed by atoms with Crippen LogP contribution in [0.15, 0.2) is 65.7 Å². The summed E-state index contributed by atoms with van der Waals surface area (Å²) in [5.74, 6) is -4.21. The lowest BCUT2D eigenvalue weighted by Gasteiger charge is -2.08. The van der Waals surface area contributed by atoms with Gasteiger partial charge in [0.2, 0.25) is 9.84 Å². The van der Waals surface area contributed by atoms with Crippen molar-refractivity contribution >= 4 is 26.7 Å². The number of hydrogen-bond acceptors (Lipinski definition) is 5. The molecule has 5 nitrogen and oxygen atoms in total. The van der Waals surface area contributed by atoms with Crippen LogP contribution in [0.4, 0.5) is 8.78 Å². The molecule has 0 spiro atoms. The summed E-state index contributed by atoms with van der Waals surface area (Å²) in [5, 5.41) is 0.905. The number of pyridine rings is 1. The number of carbonyl (C=O) groups is 1. The molecule has 0 N–H and O–H groups in total. The molecular weight excluding hydrogens is 364 g/mol. The van der Waals surface area contributed by atoms with Crippen molar-refractivity contribution in [1.82, 2.24) is 4.98 Å². The topological polar surface area (TPSA) is 73.3 Å². The largest absolute Gasteiger partial charge is 0.457 e. The van der Waals surface area contributed by atoms with E-state index in [-0.39, 0.29) is 12.2 Å². The number of aromatic nitrogens is 1. The van der Waals surface area contributed by atoms with E-state index in [0.29, 0.717) is 11.1 Å². The summed E-state index contributed by atoms with van der Waals surface area (Å²) in [5.41, 5.74) is 1.49. The zero-order valence-electron chi connectivity index (χ0n) is 13.3. The molecule has 0 bridgehead atoms. The molecule has 26 heavy (non-hydrogen) atoms. The van der Waals surface area contributed by atoms with Gasteiger partial charge in [0.15, 0.2) is 0 Å². The van der Waals surface area contributed by atoms with E-state index in [4.69, 9.17) is 4.74 Å². The summed E-state index contributed by atoms with van der Waals surface area (Å²) in [4.78, 5) is 15.8. The van der Waals surface area contributed by atoms with Crippen LogP contribution in [0.25, 0.3) is 10.9 Å². The lowest BCUT2D eigenvalue weighted by Crippen LogP contribution is -2.12. The number of hydrogen-bond donors (Lipinski definition) is 0. The van der Waals surface area contributed by atoms with Gasteiger partial charge in [0.1, 0.15) is 6.61 Å². The molecule has 3 rings (SSSR count). The van der Waals surface area contributed by atoms with Gasteiger partial charge in [-0.3, -0.25) is 4.98 Å². The highest BCUT2D eigenvalue weighted by molar-refractivity contribution is 7.91. The normalized spacial score (nSPS) is 11.7. The Hall–Kier alpha value is -2.87. The highest BCUT2D eigenvalue weighted by Crippen LogP contribution is 2.20. The number of benzene rings is 2. The van der Waals surface area contributed by atoms with E-state index in [1.54, 1.807) is 18.3 Å². The van der Waals surface area contributed by atoms with Crippen LogP contribution in [0.5, 0.6) is 0 Å². The lowest BCUT2D eigenvalue weighted by molar-refractivity contribution is 0.0474. The van der Waals surface area contributed by atoms with Crippen molar-refractivity contribution in [3.63, 3.8) is 0 Å². The third-order valence-corrected chi connectivity index (χ3v) is 5.13. The predicted molar refractivity (Wildman–Crippen MR) is 90.5 cm³/mol. The van der Waals surface area contributed by atoms with Gasteiger partial charge in [-0.1, -0.05) is 24.3 Å². The molecule has 2 aromatic carbocycles. The minimum atomic E-state index is -4.69. The minimum Gasteiger partial charge on any atom is -0.457 e. The number of carbonyl (C=O) groups excluding carboxylic acids is 1. The highest BCUT2D eigenvalue weighted by atomic mass is 32.2. The van der Waals surface area contributed by atoms with Crippen molar-refractivity contribution in [2.45, 2.75) is 17.3 Å². The molecule has 0 saturated carbocycles. The number of alkyl halides is 2. The smallest absolute Gasteiger partial charge is 0.341 e. The second-order valence-electron chi connectivity index (χ2n) is 5.40. The Balaban J connectivity index is 1.74. The maximum absolute atomic E-state index is 12.5. The second kappa shape index (κ2) is 7.17. The average Bonchev–Trinajstić information content (AvgIpc) is 2.66. The van der Waals surface area contributed by atoms with Crippen LogP contribution in [0.3, 0.4) is 0 Å². The predicted octanol–water partition coefficient (Wildman–Crippen LogP) is 3.59. The van der Waals surface area contributed by atoms with Gasteiger partial charge in [0.05, 0.1) is 16.0 Å². The Morgan fingerprint density at radius 3 is 2.42 bits per heavy atom. The Morgan fingerprint density at radius 1 is 1.04 bits per heavy atom. The van der Waals surface area contributed by atoms with Crippen LogP contribution >= 0.6 is 0 Å². The number of halogens is 2. The Kier molecular flexibility index (Phi) is 4.94. The van der Waals surface area contributed by atoms with E-state index in [9.17, 15) is 22.0 Å². The Labute approximate surface area is 148 Å². The fourth-order valence-electron chi connectivity index (χ4n) is 2.39. The maximum Gasteiger partial charge on any atom is 0.341 e. The number of nitrogens with zero attached hydrogens (tertiary/aromatic N) is 1. The van der Waals surface area contributed by atoms with E-state index >= 15 is 0 Å². The highest BCUT2D eigenvalue weighted by Gasteiger charge is 2.26. The molecule has 1 heterocycles. The molecule has 0 saturated heterocycles. The molecule has 0 aliphatic heterocycles. The lowest BCUT2D eigenvalue weighted by atomic mass is 10.1. The zero-order valence-corrected chi connectivity index (χ0v) is 14.1. The Morgan fingerprint density at radius 2 is 1.73 bits per heavy atom. The van der Waals surface area contributed by atoms with Crippen LogP contribution in [-0.4, -0.2) is 25.1 Å². The van der Waals surface area contributed by atoms with Crippen molar-refractivity contribution in [3.8, 4) is 0 Å². The molecule has 0 unspecified atom stereocenters. The van der Waals surface area contributed by atoms with Crippen molar-refractivity contribution < 1.29 is 26.7 Å². The SMILES string of the molecule is O=C(OCc1cccc2cccnc12)c1ccc(S(=O)(=O)C(F)F)cc1. The first kappa shape index (κ1) is 17.9. The molecule has 0 radical (unpaired) electrons. The van der Waals surface area contributed by atoms with Crippen LogP contribution in [0.1, 0.15) is 15.9 Å². The van der Waals surface area contributed by atoms with Crippen LogP contribution in [0, 0.1) is 0 Å². The van der Waals surface area contributed by atoms with E-state index in [2.05, 4.69) is 4.98 Å². The van der Waals surface area contributed by atoms with Gasteiger partial charge in [-0.2, -0.15) is 8.78 Å². The van der Waals surface area contributed by atoms with Gasteiger partial charge >= 0.3 is 11.7 Å². The summed E-state index contributed by atoms with van der Waals surface area (Å²) in [7, 11) is -4.69. The summed E-state index contributed by atoms with van der Waals surface area (Å²) in [6.45, 7) is -0.0235. The standard InChI is InChI=1S/C18H13F2NO4S/c19-18(20)26(23,24)15-8-6-13(7-9-15)17(22)25-11-14-4-1-3-12-5-2-10-21-16(12)14/h1-10,18H,11H2. The number of sulfone groups is 1. The fourth-order valence-corrected chi connectivity index (χ4v) is 3.12. The molecular formula is C18H13F2NO4S. The molecule has 0 aliphatic carbocycles. The quantitative estimate of drug-likeness (QED) is 0.636. The molecule has 3 aromatic rings. The van der Waals surface area contributed by atoms with Crippen LogP contribution < -0.4 is 0 Å². The molecule has 0 atom stereocenters. The second-order valence-corrected chi connectivity index (χ2v) is 7.32. The first-order valence-electron chi connectivity index (χ1n) is 7.51. The molecule has 0 fully saturated rings. The first-order valence-corrected chi connectivity index (χ1v) is 9.06. The number of para-hydroxylation sites is 1. The van der Waals surface area contributed by atoms with E-state index in [0.717, 1.165) is 29.7 Å². The maximum atomic E-state index is 12.5. The molecule has 1 aromatic heterocycles. The van der Waals surface area contributed by atoms with E-state index < -0.39 is 26.5 Å². The van der Waals surface area contributed by atoms with Crippen molar-refractivity contribution in [3.05, 3.63) is 71.9 Å². The fraction of sp³-hybridized carbons (Fsp3) is 0.111. The van der Waals surface area contributed by atoms with E-state index in [1.165, 1.54) is 0 Å². The molecule has 0 amide bonds. The molecule has 0 aliphatic rings. The zero-order chi connectivity index (χ0) is 18.7. The number of esters is 1. The summed E-state index contributed by atoms with van der Waals surface area (Å²) in [6.07, 6.45) is 1.63. The van der Waals surface area contributed by atoms with Crippen molar-refractivity contribution in [2.24, 2.45) is 0 Å². The monoisotopic (exact) mass is 377 g/mol. The number of rotatable bonds is 5. The summed E-state index contributed by atoms with van der Waals surface area (Å²) < 4.78 is 53.0.